The lowest BCUT2D eigenvalue weighted by atomic mass is 9.80. The van der Waals surface area contributed by atoms with Crippen LogP contribution in [0.25, 0.3) is 16.5 Å². The average molecular weight is 445 g/mol. The minimum atomic E-state index is -0.914. The lowest BCUT2D eigenvalue weighted by Crippen LogP contribution is -2.38. The first kappa shape index (κ1) is 22.6. The smallest absolute Gasteiger partial charge is 0.303 e. The highest BCUT2D eigenvalue weighted by Gasteiger charge is 2.36. The van der Waals surface area contributed by atoms with Crippen LogP contribution in [0.1, 0.15) is 37.8 Å². The van der Waals surface area contributed by atoms with Crippen LogP contribution in [0.5, 0.6) is 5.88 Å². The molecule has 0 aliphatic heterocycles. The number of aryl methyl sites for hydroxylation is 1. The summed E-state index contributed by atoms with van der Waals surface area (Å²) < 4.78 is 1.72. The maximum Gasteiger partial charge on any atom is 0.303 e. The second-order valence-corrected chi connectivity index (χ2v) is 8.64. The van der Waals surface area contributed by atoms with Gasteiger partial charge in [-0.05, 0) is 37.5 Å². The lowest BCUT2D eigenvalue weighted by Gasteiger charge is -2.33. The van der Waals surface area contributed by atoms with Crippen LogP contribution >= 0.6 is 0 Å². The van der Waals surface area contributed by atoms with E-state index in [2.05, 4.69) is 0 Å². The quantitative estimate of drug-likeness (QED) is 0.457. The number of aliphatic hydroxyl groups excluding tert-OH is 1. The molecule has 6 heteroatoms. The van der Waals surface area contributed by atoms with Crippen molar-refractivity contribution in [2.75, 3.05) is 0 Å². The number of aromatic nitrogens is 1. The van der Waals surface area contributed by atoms with Crippen molar-refractivity contribution in [3.63, 3.8) is 0 Å². The number of aromatic hydroxyl groups is 1. The van der Waals surface area contributed by atoms with Crippen molar-refractivity contribution in [1.82, 2.24) is 4.57 Å². The fourth-order valence-electron chi connectivity index (χ4n) is 4.46. The summed E-state index contributed by atoms with van der Waals surface area (Å²) >= 11 is 0. The van der Waals surface area contributed by atoms with Crippen molar-refractivity contribution in [3.05, 3.63) is 83.4 Å². The number of nitrogens with zero attached hydrogens (tertiary/aromatic N) is 2. The molecule has 0 spiro atoms. The summed E-state index contributed by atoms with van der Waals surface area (Å²) in [5.41, 5.74) is 3.19. The van der Waals surface area contributed by atoms with Gasteiger partial charge in [-0.1, -0.05) is 66.3 Å². The summed E-state index contributed by atoms with van der Waals surface area (Å²) in [6.45, 7) is 4.23. The second-order valence-electron chi connectivity index (χ2n) is 8.64. The van der Waals surface area contributed by atoms with Crippen LogP contribution in [0.4, 0.5) is 0 Å². The fraction of sp³-hybridized carbons (Fsp3) is 0.259. The predicted molar refractivity (Wildman–Crippen MR) is 131 cm³/mol. The van der Waals surface area contributed by atoms with Gasteiger partial charge in [-0.15, -0.1) is 0 Å². The topological polar surface area (TPSA) is 95.1 Å². The molecule has 1 aliphatic rings. The molecule has 0 saturated heterocycles. The lowest BCUT2D eigenvalue weighted by molar-refractivity contribution is -0.137. The van der Waals surface area contributed by atoms with Crippen LogP contribution in [0.15, 0.2) is 77.3 Å². The fourth-order valence-corrected chi connectivity index (χ4v) is 4.46. The number of rotatable bonds is 7. The van der Waals surface area contributed by atoms with Crippen LogP contribution < -0.4 is 0 Å². The Kier molecular flexibility index (Phi) is 6.20. The number of aliphatic hydroxyl groups is 1. The number of carboxylic acids is 1. The average Bonchev–Trinajstić information content (AvgIpc) is 3.06. The Morgan fingerprint density at radius 1 is 1.15 bits per heavy atom. The summed E-state index contributed by atoms with van der Waals surface area (Å²) in [5, 5.41) is 32.0. The van der Waals surface area contributed by atoms with E-state index in [4.69, 9.17) is 10.1 Å². The number of carboxylic acid groups (broad SMARTS) is 1. The predicted octanol–water partition coefficient (Wildman–Crippen LogP) is 4.79. The minimum absolute atomic E-state index is 0.0261. The summed E-state index contributed by atoms with van der Waals surface area (Å²) in [5.74, 6) is -0.824. The summed E-state index contributed by atoms with van der Waals surface area (Å²) in [4.78, 5) is 15.7. The monoisotopic (exact) mass is 444 g/mol. The SMILES string of the molecule is CC1=CC(C)(N=Cc2c(O)n(CCCC(=O)O)c3ccccc23)C(O)C(c2ccccc2)=C1. The molecule has 0 amide bonds. The zero-order valence-electron chi connectivity index (χ0n) is 18.8. The Morgan fingerprint density at radius 2 is 1.85 bits per heavy atom. The summed E-state index contributed by atoms with van der Waals surface area (Å²) in [6.07, 6.45) is 5.10. The number of fused-ring (bicyclic) bond motifs is 1. The molecule has 3 N–H and O–H groups in total. The minimum Gasteiger partial charge on any atom is -0.494 e. The number of aliphatic carboxylic acids is 1. The Morgan fingerprint density at radius 3 is 2.58 bits per heavy atom. The number of allylic oxidation sites excluding steroid dienone is 2. The standard InChI is InChI=1S/C27H28N2O4/c1-18-15-21(19-9-4-3-5-10-19)25(32)27(2,16-18)28-17-22-20-11-6-7-12-23(20)29(26(22)33)14-8-13-24(30)31/h3-7,9-12,15-17,25,32-33H,8,13-14H2,1-2H3,(H,30,31). The molecule has 1 aliphatic carbocycles. The van der Waals surface area contributed by atoms with Gasteiger partial charge >= 0.3 is 5.97 Å². The van der Waals surface area contributed by atoms with Gasteiger partial charge in [0.25, 0.3) is 0 Å². The van der Waals surface area contributed by atoms with E-state index in [9.17, 15) is 15.0 Å². The molecular formula is C27H28N2O4. The molecule has 2 unspecified atom stereocenters. The molecule has 0 saturated carbocycles. The van der Waals surface area contributed by atoms with Gasteiger partial charge in [0.2, 0.25) is 5.88 Å². The van der Waals surface area contributed by atoms with E-state index >= 15 is 0 Å². The van der Waals surface area contributed by atoms with Gasteiger partial charge in [-0.2, -0.15) is 0 Å². The van der Waals surface area contributed by atoms with Gasteiger partial charge in [0.05, 0.1) is 11.1 Å². The summed E-state index contributed by atoms with van der Waals surface area (Å²) in [7, 11) is 0. The molecule has 0 radical (unpaired) electrons. The first-order chi connectivity index (χ1) is 15.8. The molecule has 170 valence electrons. The van der Waals surface area contributed by atoms with Crippen LogP contribution in [-0.4, -0.2) is 43.7 Å². The molecule has 1 aromatic heterocycles. The van der Waals surface area contributed by atoms with Crippen LogP contribution in [0, 0.1) is 0 Å². The number of hydrogen-bond acceptors (Lipinski definition) is 4. The molecular weight excluding hydrogens is 416 g/mol. The highest BCUT2D eigenvalue weighted by molar-refractivity contribution is 6.02. The van der Waals surface area contributed by atoms with Gasteiger partial charge in [-0.25, -0.2) is 0 Å². The highest BCUT2D eigenvalue weighted by Crippen LogP contribution is 2.36. The van der Waals surface area contributed by atoms with Gasteiger partial charge in [-0.3, -0.25) is 9.79 Å². The van der Waals surface area contributed by atoms with Gasteiger partial charge < -0.3 is 19.9 Å². The molecule has 2 atom stereocenters. The van der Waals surface area contributed by atoms with Gasteiger partial charge in [0, 0.05) is 24.6 Å². The number of aliphatic imine (C=N–C) groups is 1. The third-order valence-electron chi connectivity index (χ3n) is 6.08. The van der Waals surface area contributed by atoms with E-state index in [1.807, 2.05) is 80.6 Å². The number of benzene rings is 2. The molecule has 0 fully saturated rings. The van der Waals surface area contributed by atoms with Crippen LogP contribution in [-0.2, 0) is 11.3 Å². The Hall–Kier alpha value is -3.64. The van der Waals surface area contributed by atoms with Crippen molar-refractivity contribution in [2.45, 2.75) is 44.9 Å². The van der Waals surface area contributed by atoms with E-state index in [1.165, 1.54) is 0 Å². The molecule has 6 nitrogen and oxygen atoms in total. The van der Waals surface area contributed by atoms with Crippen molar-refractivity contribution in [3.8, 4) is 5.88 Å². The second kappa shape index (κ2) is 9.08. The van der Waals surface area contributed by atoms with E-state index in [-0.39, 0.29) is 12.3 Å². The molecule has 2 aromatic carbocycles. The number of para-hydroxylation sites is 1. The highest BCUT2D eigenvalue weighted by atomic mass is 16.4. The molecule has 4 rings (SSSR count). The van der Waals surface area contributed by atoms with Crippen molar-refractivity contribution >= 4 is 28.7 Å². The molecule has 3 aromatic rings. The normalized spacial score (nSPS) is 20.8. The van der Waals surface area contributed by atoms with Gasteiger partial charge in [0.1, 0.15) is 11.6 Å². The maximum atomic E-state index is 11.2. The zero-order chi connectivity index (χ0) is 23.6. The third kappa shape index (κ3) is 4.47. The van der Waals surface area contributed by atoms with Crippen molar-refractivity contribution in [2.24, 2.45) is 4.99 Å². The maximum absolute atomic E-state index is 11.2. The molecule has 33 heavy (non-hydrogen) atoms. The Bertz CT molecular complexity index is 1270. The third-order valence-corrected chi connectivity index (χ3v) is 6.08. The van der Waals surface area contributed by atoms with E-state index in [1.54, 1.807) is 10.8 Å². The zero-order valence-corrected chi connectivity index (χ0v) is 18.8. The van der Waals surface area contributed by atoms with Crippen LogP contribution in [0.2, 0.25) is 0 Å². The largest absolute Gasteiger partial charge is 0.494 e. The first-order valence-corrected chi connectivity index (χ1v) is 11.0. The molecule has 0 bridgehead atoms. The molecule has 1 heterocycles. The summed E-state index contributed by atoms with van der Waals surface area (Å²) in [6, 6.07) is 17.3. The van der Waals surface area contributed by atoms with E-state index in [0.717, 1.165) is 27.6 Å². The first-order valence-electron chi connectivity index (χ1n) is 11.0. The van der Waals surface area contributed by atoms with E-state index < -0.39 is 17.6 Å². The van der Waals surface area contributed by atoms with Crippen molar-refractivity contribution < 1.29 is 20.1 Å². The number of carbonyl (C=O) groups is 1. The number of hydrogen-bond donors (Lipinski definition) is 3. The van der Waals surface area contributed by atoms with Crippen LogP contribution in [0.3, 0.4) is 0 Å². The van der Waals surface area contributed by atoms with Crippen molar-refractivity contribution in [1.29, 1.82) is 0 Å². The van der Waals surface area contributed by atoms with E-state index in [0.29, 0.717) is 18.5 Å². The van der Waals surface area contributed by atoms with Gasteiger partial charge in [0.15, 0.2) is 0 Å². The Labute approximate surface area is 192 Å². The Balaban J connectivity index is 1.70.